The SMILES string of the molecule is CNC(C)CCc1ccc(OC(C)C(=O)OC)cc1. The van der Waals surface area contributed by atoms with E-state index in [2.05, 4.69) is 17.0 Å². The number of esters is 1. The number of ether oxygens (including phenoxy) is 2. The van der Waals surface area contributed by atoms with Crippen molar-refractivity contribution >= 4 is 5.97 Å². The van der Waals surface area contributed by atoms with Gasteiger partial charge in [0, 0.05) is 6.04 Å². The van der Waals surface area contributed by atoms with E-state index in [1.807, 2.05) is 31.3 Å². The molecule has 2 atom stereocenters. The predicted molar refractivity (Wildman–Crippen MR) is 75.4 cm³/mol. The summed E-state index contributed by atoms with van der Waals surface area (Å²) in [4.78, 5) is 11.2. The van der Waals surface area contributed by atoms with Gasteiger partial charge in [-0.25, -0.2) is 4.79 Å². The van der Waals surface area contributed by atoms with Gasteiger partial charge in [0.2, 0.25) is 0 Å². The Labute approximate surface area is 115 Å². The van der Waals surface area contributed by atoms with Crippen molar-refractivity contribution in [2.45, 2.75) is 38.8 Å². The molecular weight excluding hydrogens is 242 g/mol. The number of aryl methyl sites for hydroxylation is 1. The Morgan fingerprint density at radius 1 is 1.26 bits per heavy atom. The molecule has 0 saturated heterocycles. The molecule has 0 spiro atoms. The summed E-state index contributed by atoms with van der Waals surface area (Å²) < 4.78 is 10.1. The zero-order valence-corrected chi connectivity index (χ0v) is 12.1. The number of carbonyl (C=O) groups excluding carboxylic acids is 1. The van der Waals surface area contributed by atoms with E-state index in [-0.39, 0.29) is 5.97 Å². The molecule has 1 aromatic rings. The van der Waals surface area contributed by atoms with Gasteiger partial charge in [0.05, 0.1) is 7.11 Å². The minimum absolute atomic E-state index is 0.369. The Bertz CT molecular complexity index is 389. The van der Waals surface area contributed by atoms with Crippen LogP contribution < -0.4 is 10.1 Å². The van der Waals surface area contributed by atoms with Crippen molar-refractivity contribution in [1.29, 1.82) is 0 Å². The topological polar surface area (TPSA) is 47.6 Å². The zero-order valence-electron chi connectivity index (χ0n) is 12.1. The molecule has 0 aliphatic rings. The maximum absolute atomic E-state index is 11.2. The first-order valence-electron chi connectivity index (χ1n) is 6.57. The average molecular weight is 265 g/mol. The fourth-order valence-corrected chi connectivity index (χ4v) is 1.68. The van der Waals surface area contributed by atoms with E-state index in [0.29, 0.717) is 11.8 Å². The van der Waals surface area contributed by atoms with Crippen LogP contribution in [0.5, 0.6) is 5.75 Å². The smallest absolute Gasteiger partial charge is 0.346 e. The minimum Gasteiger partial charge on any atom is -0.479 e. The van der Waals surface area contributed by atoms with Gasteiger partial charge in [-0.3, -0.25) is 0 Å². The number of nitrogens with one attached hydrogen (secondary N) is 1. The lowest BCUT2D eigenvalue weighted by Crippen LogP contribution is -2.24. The Morgan fingerprint density at radius 2 is 1.89 bits per heavy atom. The zero-order chi connectivity index (χ0) is 14.3. The molecule has 2 unspecified atom stereocenters. The maximum atomic E-state index is 11.2. The fraction of sp³-hybridized carbons (Fsp3) is 0.533. The van der Waals surface area contributed by atoms with Gasteiger partial charge < -0.3 is 14.8 Å². The van der Waals surface area contributed by atoms with Crippen molar-refractivity contribution < 1.29 is 14.3 Å². The van der Waals surface area contributed by atoms with E-state index >= 15 is 0 Å². The van der Waals surface area contributed by atoms with Crippen molar-refractivity contribution in [3.05, 3.63) is 29.8 Å². The Kier molecular flexibility index (Phi) is 6.36. The molecule has 0 bridgehead atoms. The minimum atomic E-state index is -0.583. The highest BCUT2D eigenvalue weighted by Gasteiger charge is 2.14. The van der Waals surface area contributed by atoms with Crippen LogP contribution in [0.25, 0.3) is 0 Å². The molecular formula is C15H23NO3. The van der Waals surface area contributed by atoms with Gasteiger partial charge in [-0.2, -0.15) is 0 Å². The van der Waals surface area contributed by atoms with Crippen LogP contribution in [0.15, 0.2) is 24.3 Å². The first-order chi connectivity index (χ1) is 9.06. The highest BCUT2D eigenvalue weighted by molar-refractivity contribution is 5.74. The van der Waals surface area contributed by atoms with Crippen molar-refractivity contribution in [3.63, 3.8) is 0 Å². The normalized spacial score (nSPS) is 13.7. The summed E-state index contributed by atoms with van der Waals surface area (Å²) in [5.41, 5.74) is 1.26. The molecule has 4 nitrogen and oxygen atoms in total. The first-order valence-corrected chi connectivity index (χ1v) is 6.57. The van der Waals surface area contributed by atoms with E-state index in [4.69, 9.17) is 4.74 Å². The second kappa shape index (κ2) is 7.79. The van der Waals surface area contributed by atoms with E-state index in [9.17, 15) is 4.79 Å². The highest BCUT2D eigenvalue weighted by Crippen LogP contribution is 2.15. The fourth-order valence-electron chi connectivity index (χ4n) is 1.68. The summed E-state index contributed by atoms with van der Waals surface area (Å²) in [5, 5.41) is 3.22. The number of rotatable bonds is 7. The van der Waals surface area contributed by atoms with Gasteiger partial charge in [-0.05, 0) is 51.4 Å². The molecule has 1 rings (SSSR count). The summed E-state index contributed by atoms with van der Waals surface area (Å²) in [5.74, 6) is 0.315. The molecule has 0 fully saturated rings. The van der Waals surface area contributed by atoms with E-state index in [1.54, 1.807) is 6.92 Å². The number of benzene rings is 1. The molecule has 0 saturated carbocycles. The Hall–Kier alpha value is -1.55. The lowest BCUT2D eigenvalue weighted by atomic mass is 10.1. The lowest BCUT2D eigenvalue weighted by molar-refractivity contribution is -0.147. The van der Waals surface area contributed by atoms with E-state index in [1.165, 1.54) is 12.7 Å². The summed E-state index contributed by atoms with van der Waals surface area (Å²) >= 11 is 0. The molecule has 0 aliphatic heterocycles. The molecule has 0 amide bonds. The first kappa shape index (κ1) is 15.5. The number of carbonyl (C=O) groups is 1. The van der Waals surface area contributed by atoms with Crippen molar-refractivity contribution in [2.24, 2.45) is 0 Å². The van der Waals surface area contributed by atoms with E-state index in [0.717, 1.165) is 12.8 Å². The van der Waals surface area contributed by atoms with Gasteiger partial charge >= 0.3 is 5.97 Å². The lowest BCUT2D eigenvalue weighted by Gasteiger charge is -2.13. The largest absolute Gasteiger partial charge is 0.479 e. The monoisotopic (exact) mass is 265 g/mol. The molecule has 1 N–H and O–H groups in total. The van der Waals surface area contributed by atoms with Crippen LogP contribution in [-0.2, 0) is 16.0 Å². The van der Waals surface area contributed by atoms with Crippen LogP contribution in [0.4, 0.5) is 0 Å². The molecule has 0 aliphatic carbocycles. The highest BCUT2D eigenvalue weighted by atomic mass is 16.6. The van der Waals surface area contributed by atoms with Crippen LogP contribution in [0, 0.1) is 0 Å². The average Bonchev–Trinajstić information content (AvgIpc) is 2.45. The van der Waals surface area contributed by atoms with Gasteiger partial charge in [-0.1, -0.05) is 12.1 Å². The van der Waals surface area contributed by atoms with Crippen molar-refractivity contribution in [3.8, 4) is 5.75 Å². The van der Waals surface area contributed by atoms with Crippen LogP contribution in [0.2, 0.25) is 0 Å². The Morgan fingerprint density at radius 3 is 2.42 bits per heavy atom. The van der Waals surface area contributed by atoms with E-state index < -0.39 is 6.10 Å². The molecule has 106 valence electrons. The Balaban J connectivity index is 2.49. The second-order valence-electron chi connectivity index (χ2n) is 4.66. The molecule has 19 heavy (non-hydrogen) atoms. The van der Waals surface area contributed by atoms with Crippen molar-refractivity contribution in [1.82, 2.24) is 5.32 Å². The third-order valence-electron chi connectivity index (χ3n) is 3.13. The molecule has 4 heteroatoms. The van der Waals surface area contributed by atoms with Gasteiger partial charge in [-0.15, -0.1) is 0 Å². The van der Waals surface area contributed by atoms with Gasteiger partial charge in [0.15, 0.2) is 6.10 Å². The van der Waals surface area contributed by atoms with Crippen molar-refractivity contribution in [2.75, 3.05) is 14.2 Å². The number of hydrogen-bond donors (Lipinski definition) is 1. The van der Waals surface area contributed by atoms with Crippen LogP contribution in [0.1, 0.15) is 25.8 Å². The van der Waals surface area contributed by atoms with Crippen LogP contribution in [-0.4, -0.2) is 32.3 Å². The maximum Gasteiger partial charge on any atom is 0.346 e. The molecule has 0 radical (unpaired) electrons. The summed E-state index contributed by atoms with van der Waals surface area (Å²) in [7, 11) is 3.32. The third-order valence-corrected chi connectivity index (χ3v) is 3.13. The third kappa shape index (κ3) is 5.30. The van der Waals surface area contributed by atoms with Crippen LogP contribution >= 0.6 is 0 Å². The summed E-state index contributed by atoms with van der Waals surface area (Å²) in [6.45, 7) is 3.84. The standard InChI is InChI=1S/C15H23NO3/c1-11(16-3)5-6-13-7-9-14(10-8-13)19-12(2)15(17)18-4/h7-12,16H,5-6H2,1-4H3. The van der Waals surface area contributed by atoms with Gasteiger partial charge in [0.25, 0.3) is 0 Å². The second-order valence-corrected chi connectivity index (χ2v) is 4.66. The quantitative estimate of drug-likeness (QED) is 0.768. The number of hydrogen-bond acceptors (Lipinski definition) is 4. The summed E-state index contributed by atoms with van der Waals surface area (Å²) in [6.07, 6.45) is 1.53. The molecule has 0 aromatic heterocycles. The summed E-state index contributed by atoms with van der Waals surface area (Å²) in [6, 6.07) is 8.34. The van der Waals surface area contributed by atoms with Crippen LogP contribution in [0.3, 0.4) is 0 Å². The molecule has 0 heterocycles. The van der Waals surface area contributed by atoms with Gasteiger partial charge in [0.1, 0.15) is 5.75 Å². The predicted octanol–water partition coefficient (Wildman–Crippen LogP) is 2.17. The molecule has 1 aromatic carbocycles. The number of methoxy groups -OCH3 is 1.